The molecule has 0 aliphatic heterocycles. The van der Waals surface area contributed by atoms with Crippen LogP contribution >= 0.6 is 0 Å². The van der Waals surface area contributed by atoms with E-state index in [1.54, 1.807) is 43.4 Å². The second-order valence-corrected chi connectivity index (χ2v) is 34.4. The fourth-order valence-electron chi connectivity index (χ4n) is 15.0. The summed E-state index contributed by atoms with van der Waals surface area (Å²) in [6.45, 7) is 9.77. The molecular formula is C101H104F6N22O9. The molecule has 17 rings (SSSR count). The van der Waals surface area contributed by atoms with Crippen LogP contribution in [0.4, 0.5) is 26.3 Å². The maximum Gasteiger partial charge on any atom is 0.471 e. The Labute approximate surface area is 790 Å². The zero-order valence-corrected chi connectivity index (χ0v) is 76.5. The number of nitriles is 1. The summed E-state index contributed by atoms with van der Waals surface area (Å²) in [6.07, 6.45) is 2.21. The maximum absolute atomic E-state index is 12.5. The van der Waals surface area contributed by atoms with Gasteiger partial charge in [0.25, 0.3) is 11.7 Å². The van der Waals surface area contributed by atoms with Gasteiger partial charge in [-0.25, -0.2) is 4.98 Å². The number of carbonyl (C=O) groups is 2. The van der Waals surface area contributed by atoms with E-state index in [4.69, 9.17) is 70.2 Å². The molecule has 8 aromatic carbocycles. The second-order valence-electron chi connectivity index (χ2n) is 34.4. The molecule has 0 bridgehead atoms. The van der Waals surface area contributed by atoms with E-state index in [9.17, 15) is 35.9 Å². The molecule has 0 fully saturated rings. The van der Waals surface area contributed by atoms with Crippen LogP contribution in [0.1, 0.15) is 164 Å². The zero-order valence-electron chi connectivity index (χ0n) is 76.5. The first kappa shape index (κ1) is 100. The number of carbonyl (C=O) groups excluding carboxylic acids is 2. The molecule has 16 aromatic rings. The third-order valence-electron chi connectivity index (χ3n) is 22.1. The number of methoxy groups -OCH3 is 1. The molecule has 0 saturated heterocycles. The molecule has 2 unspecified atom stereocenters. The van der Waals surface area contributed by atoms with Crippen molar-refractivity contribution in [2.45, 2.75) is 177 Å². The van der Waals surface area contributed by atoms with Gasteiger partial charge >= 0.3 is 18.3 Å². The number of amides is 1. The third kappa shape index (κ3) is 27.7. The number of halogens is 6. The summed E-state index contributed by atoms with van der Waals surface area (Å²) in [7, 11) is 1.64. The molecule has 37 heteroatoms. The van der Waals surface area contributed by atoms with E-state index >= 15 is 0 Å². The predicted octanol–water partition coefficient (Wildman–Crippen LogP) is 16.8. The van der Waals surface area contributed by atoms with Crippen molar-refractivity contribution in [2.75, 3.05) is 7.11 Å². The number of aromatic nitrogens is 14. The number of hydrogen-bond acceptors (Lipinski definition) is 29. The summed E-state index contributed by atoms with van der Waals surface area (Å²) in [4.78, 5) is 31.1. The van der Waals surface area contributed by atoms with Crippen LogP contribution in [0.5, 0.6) is 5.75 Å². The van der Waals surface area contributed by atoms with Crippen molar-refractivity contribution in [1.82, 2.24) is 81.4 Å². The molecule has 12 N–H and O–H groups in total. The van der Waals surface area contributed by atoms with Gasteiger partial charge in [-0.15, -0.1) is 51.0 Å². The Morgan fingerprint density at radius 3 is 1.40 bits per heavy atom. The summed E-state index contributed by atoms with van der Waals surface area (Å²) in [6, 6.07) is 77.6. The maximum atomic E-state index is 12.5. The summed E-state index contributed by atoms with van der Waals surface area (Å²) in [5.41, 5.74) is 39.3. The molecule has 31 nitrogen and oxygen atoms in total. The van der Waals surface area contributed by atoms with Crippen molar-refractivity contribution < 1.29 is 67.2 Å². The van der Waals surface area contributed by atoms with E-state index < -0.39 is 63.8 Å². The van der Waals surface area contributed by atoms with Crippen LogP contribution in [0.25, 0.3) is 45.3 Å². The van der Waals surface area contributed by atoms with E-state index in [1.807, 2.05) is 245 Å². The van der Waals surface area contributed by atoms with E-state index in [1.165, 1.54) is 18.3 Å². The first-order valence-corrected chi connectivity index (χ1v) is 44.2. The van der Waals surface area contributed by atoms with Crippen LogP contribution in [0, 0.1) is 11.3 Å². The minimum atomic E-state index is -5.07. The number of pyridine rings is 1. The van der Waals surface area contributed by atoms with E-state index in [0.717, 1.165) is 92.3 Å². The number of ether oxygens (including phenoxy) is 1. The monoisotopic (exact) mass is 1880 g/mol. The SMILES string of the molecule is COc1ccc(-c2ccc(-c3nnc([C@](C)(N)Cc4ccccc4)o3)o2)cc1.C[C@@](N)(Cc1ccccc1)c1nnc(-c2c3c(nc4ccccc24)CCCC3)o1.C[C@@](N)(Cc1ccccc1)c1nnc(C(CCC#N)NC(=O)C(F)(F)F)o1.C[C@@](N)(Cc1ccccc1)c1nnc(C(Cc2ccccc2)N/C=C/C(=O)C(F)(F)F)o1.C[C@@](N)(Cc1ccccc1)c1nnc(CCn2cncn2)o1. The van der Waals surface area contributed by atoms with Gasteiger partial charge in [-0.1, -0.05) is 200 Å². The molecule has 0 spiro atoms. The van der Waals surface area contributed by atoms with Crippen LogP contribution in [0.2, 0.25) is 0 Å². The Morgan fingerprint density at radius 1 is 0.486 bits per heavy atom. The number of fused-ring (bicyclic) bond motifs is 2. The van der Waals surface area contributed by atoms with Gasteiger partial charge in [0.1, 0.15) is 36.2 Å². The smallest absolute Gasteiger partial charge is 0.471 e. The van der Waals surface area contributed by atoms with Crippen LogP contribution in [0.3, 0.4) is 0 Å². The highest BCUT2D eigenvalue weighted by molar-refractivity contribution is 5.95. The van der Waals surface area contributed by atoms with E-state index in [0.29, 0.717) is 104 Å². The quantitative estimate of drug-likeness (QED) is 0.0152. The summed E-state index contributed by atoms with van der Waals surface area (Å²) in [5.74, 6) is 0.695. The average Bonchev–Trinajstić information content (AvgIpc) is 1.48. The standard InChI is InChI=1S/C24H24N4O.C23H23F3N4O2.C22H21N3O3.C17H18F3N5O2.C15H18N6O/c1-24(25,15-16-9-3-2-4-10-16)23-28-27-22(29-23)21-17-11-5-7-13-19(17)26-20-14-8-6-12-18(20)21;1-22(27,15-17-10-6-3-7-11-17)21-30-29-20(32-21)18(14-16-8-4-2-5-9-16)28-13-12-19(31)23(24,25)26;1-22(23,14-15-6-4-3-5-7-15)21-25-24-20(28-21)19-13-12-18(27-19)16-8-10-17(26-2)11-9-16;1-16(22,10-11-6-3-2-4-7-11)15-25-24-13(27-15)12(8-5-9-21)23-14(26)17(18,19)20;1-15(16,9-12-5-3-2-4-6-12)14-20-19-13(22-14)7-8-21-11-17-10-18-21/h2-5,7,9-11,13H,6,8,12,14-15,25H2,1H3;2-13,18,28H,14-15,27H2,1H3;3-13H,14,23H2,1-2H3;2-4,6-7,12H,5,8,10,22H2,1H3,(H,23,26);2-6,10-11H,7-9,16H2,1H3/b;13-12+;;;/t24-;18?,22-;22-;12?,16-;15-/m11111/s1. The molecule has 7 atom stereocenters. The number of para-hydroxylation sites is 1. The number of nitrogens with zero attached hydrogens (tertiary/aromatic N) is 15. The lowest BCUT2D eigenvalue weighted by Crippen LogP contribution is -2.39. The highest BCUT2D eigenvalue weighted by Crippen LogP contribution is 2.39. The number of ketones is 1. The van der Waals surface area contributed by atoms with Gasteiger partial charge in [-0.2, -0.15) is 36.7 Å². The minimum absolute atomic E-state index is 0.0181. The second kappa shape index (κ2) is 45.3. The Bertz CT molecular complexity index is 6620. The largest absolute Gasteiger partial charge is 0.497 e. The summed E-state index contributed by atoms with van der Waals surface area (Å²) in [5, 5.41) is 59.2. The van der Waals surface area contributed by atoms with Gasteiger partial charge in [-0.05, 0) is 180 Å². The van der Waals surface area contributed by atoms with Crippen LogP contribution in [0.15, 0.2) is 294 Å². The average molecular weight is 1880 g/mol. The number of alkyl halides is 6. The third-order valence-corrected chi connectivity index (χ3v) is 22.1. The molecule has 138 heavy (non-hydrogen) atoms. The molecule has 0 radical (unpaired) electrons. The predicted molar refractivity (Wildman–Crippen MR) is 499 cm³/mol. The van der Waals surface area contributed by atoms with Crippen LogP contribution in [-0.2, 0) is 102 Å². The normalized spacial score (nSPS) is 14.6. The molecular weight excluding hydrogens is 1780 g/mol. The van der Waals surface area contributed by atoms with Crippen molar-refractivity contribution in [2.24, 2.45) is 28.7 Å². The number of nitrogens with one attached hydrogen (secondary N) is 2. The van der Waals surface area contributed by atoms with Gasteiger partial charge in [-0.3, -0.25) is 19.3 Å². The number of hydrogen-bond donors (Lipinski definition) is 7. The Kier molecular flexibility index (Phi) is 32.9. The molecule has 8 aromatic heterocycles. The van der Waals surface area contributed by atoms with Crippen LogP contribution in [-0.4, -0.2) is 102 Å². The minimum Gasteiger partial charge on any atom is -0.497 e. The Hall–Kier alpha value is -15.4. The number of nitrogens with two attached hydrogens (primary N) is 5. The topological polar surface area (TPSA) is 473 Å². The van der Waals surface area contributed by atoms with E-state index in [-0.39, 0.29) is 36.4 Å². The lowest BCUT2D eigenvalue weighted by Gasteiger charge is -2.21. The van der Waals surface area contributed by atoms with Gasteiger partial charge in [0.05, 0.1) is 58.5 Å². The first-order chi connectivity index (χ1) is 66.1. The summed E-state index contributed by atoms with van der Waals surface area (Å²) < 4.78 is 117. The fraction of sp³-hybridized carbons (Fsp3) is 0.287. The number of allylic oxidation sites excluding steroid dienone is 1. The molecule has 1 amide bonds. The molecule has 714 valence electrons. The van der Waals surface area contributed by atoms with Gasteiger partial charge in [0, 0.05) is 48.2 Å². The number of furan rings is 1. The summed E-state index contributed by atoms with van der Waals surface area (Å²) >= 11 is 0. The highest BCUT2D eigenvalue weighted by atomic mass is 19.4. The van der Waals surface area contributed by atoms with Gasteiger partial charge in [0.2, 0.25) is 53.0 Å². The van der Waals surface area contributed by atoms with Gasteiger partial charge in [0.15, 0.2) is 5.76 Å². The van der Waals surface area contributed by atoms with Crippen molar-refractivity contribution >= 4 is 22.6 Å². The molecule has 0 saturated carbocycles. The van der Waals surface area contributed by atoms with Crippen molar-refractivity contribution in [3.8, 4) is 46.2 Å². The fourth-order valence-corrected chi connectivity index (χ4v) is 15.0. The zero-order chi connectivity index (χ0) is 98.1. The number of aryl methyl sites for hydroxylation is 3. The number of benzene rings is 8. The van der Waals surface area contributed by atoms with Crippen molar-refractivity contribution in [3.05, 3.63) is 359 Å². The highest BCUT2D eigenvalue weighted by Gasteiger charge is 2.42. The Morgan fingerprint density at radius 2 is 0.920 bits per heavy atom. The lowest BCUT2D eigenvalue weighted by molar-refractivity contribution is -0.174. The molecule has 8 heterocycles. The lowest BCUT2D eigenvalue weighted by atomic mass is 9.90. The Balaban J connectivity index is 0.000000146. The van der Waals surface area contributed by atoms with Gasteiger partial charge < -0.3 is 70.5 Å². The molecule has 1 aliphatic carbocycles. The molecule has 1 aliphatic rings. The number of rotatable bonds is 32. The van der Waals surface area contributed by atoms with Crippen molar-refractivity contribution in [1.29, 1.82) is 5.26 Å². The van der Waals surface area contributed by atoms with Crippen molar-refractivity contribution in [3.63, 3.8) is 0 Å². The van der Waals surface area contributed by atoms with E-state index in [2.05, 4.69) is 84.6 Å². The first-order valence-electron chi connectivity index (χ1n) is 44.2. The van der Waals surface area contributed by atoms with Crippen LogP contribution < -0.4 is 44.0 Å².